The van der Waals surface area contributed by atoms with Crippen LogP contribution in [0.2, 0.25) is 5.28 Å². The van der Waals surface area contributed by atoms with Crippen LogP contribution in [0.15, 0.2) is 6.07 Å². The molecule has 8 nitrogen and oxygen atoms in total. The average molecular weight is 482 g/mol. The van der Waals surface area contributed by atoms with Crippen LogP contribution in [0.1, 0.15) is 31.1 Å². The number of fused-ring (bicyclic) bond motifs is 1. The largest absolute Gasteiger partial charge is 0.466 e. The first kappa shape index (κ1) is 23.6. The molecule has 0 radical (unpaired) electrons. The van der Waals surface area contributed by atoms with Crippen molar-refractivity contribution in [3.05, 3.63) is 16.2 Å². The number of hydrogen-bond donors (Lipinski definition) is 0. The Kier molecular flexibility index (Phi) is 8.54. The molecule has 0 amide bonds. The Bertz CT molecular complexity index is 897. The maximum Gasteiger partial charge on any atom is 0.305 e. The number of rotatable bonds is 9. The van der Waals surface area contributed by atoms with Gasteiger partial charge in [-0.2, -0.15) is 4.98 Å². The van der Waals surface area contributed by atoms with E-state index in [9.17, 15) is 4.79 Å². The molecule has 32 heavy (non-hydrogen) atoms. The van der Waals surface area contributed by atoms with Crippen molar-refractivity contribution in [2.45, 2.75) is 32.7 Å². The predicted octanol–water partition coefficient (Wildman–Crippen LogP) is 3.03. The fraction of sp³-hybridized carbons (Fsp3) is 0.682. The fourth-order valence-electron chi connectivity index (χ4n) is 4.23. The van der Waals surface area contributed by atoms with Crippen molar-refractivity contribution in [3.8, 4) is 0 Å². The van der Waals surface area contributed by atoms with Crippen LogP contribution in [-0.4, -0.2) is 91.4 Å². The lowest BCUT2D eigenvalue weighted by Crippen LogP contribution is -2.46. The van der Waals surface area contributed by atoms with Crippen LogP contribution in [0.5, 0.6) is 0 Å². The number of carbonyl (C=O) groups is 1. The molecule has 2 aromatic heterocycles. The van der Waals surface area contributed by atoms with Crippen LogP contribution >= 0.6 is 22.9 Å². The van der Waals surface area contributed by atoms with Crippen molar-refractivity contribution >= 4 is 44.9 Å². The van der Waals surface area contributed by atoms with Gasteiger partial charge in [0, 0.05) is 57.1 Å². The summed E-state index contributed by atoms with van der Waals surface area (Å²) >= 11 is 8.01. The predicted molar refractivity (Wildman–Crippen MR) is 128 cm³/mol. The van der Waals surface area contributed by atoms with Gasteiger partial charge in [0.1, 0.15) is 0 Å². The molecule has 0 spiro atoms. The van der Waals surface area contributed by atoms with E-state index in [1.165, 1.54) is 4.88 Å². The molecular weight excluding hydrogens is 450 g/mol. The van der Waals surface area contributed by atoms with Gasteiger partial charge in [-0.3, -0.25) is 9.69 Å². The number of thiophene rings is 1. The molecule has 2 aromatic rings. The second-order valence-electron chi connectivity index (χ2n) is 8.22. The quantitative estimate of drug-likeness (QED) is 0.307. The molecule has 0 saturated carbocycles. The highest BCUT2D eigenvalue weighted by Gasteiger charge is 2.21. The number of unbranched alkanes of at least 4 members (excludes halogenated alkanes) is 1. The van der Waals surface area contributed by atoms with Gasteiger partial charge in [0.05, 0.1) is 30.0 Å². The minimum Gasteiger partial charge on any atom is -0.466 e. The van der Waals surface area contributed by atoms with E-state index in [0.29, 0.717) is 31.5 Å². The van der Waals surface area contributed by atoms with E-state index >= 15 is 0 Å². The summed E-state index contributed by atoms with van der Waals surface area (Å²) in [7, 11) is 0. The van der Waals surface area contributed by atoms with Gasteiger partial charge >= 0.3 is 5.97 Å². The van der Waals surface area contributed by atoms with E-state index in [-0.39, 0.29) is 5.97 Å². The molecule has 0 bridgehead atoms. The first-order valence-corrected chi connectivity index (χ1v) is 12.7. The Balaban J connectivity index is 1.28. The number of piperazine rings is 1. The van der Waals surface area contributed by atoms with Gasteiger partial charge in [0.15, 0.2) is 5.82 Å². The number of nitrogens with zero attached hydrogens (tertiary/aromatic N) is 5. The zero-order chi connectivity index (χ0) is 22.3. The number of esters is 1. The standard InChI is InChI=1S/C22H32ClN5O3S/c1-2-31-19(29)5-3-4-6-26-7-9-27(10-8-26)16-17-15-18-20(32-17)21(25-22(23)24-18)28-11-13-30-14-12-28/h15H,2-14,16H2,1H3. The number of carbonyl (C=O) groups excluding carboxylic acids is 1. The molecule has 2 fully saturated rings. The van der Waals surface area contributed by atoms with Crippen LogP contribution < -0.4 is 4.90 Å². The van der Waals surface area contributed by atoms with Crippen LogP contribution in [0, 0.1) is 0 Å². The van der Waals surface area contributed by atoms with E-state index in [2.05, 4.69) is 30.7 Å². The summed E-state index contributed by atoms with van der Waals surface area (Å²) < 4.78 is 11.6. The summed E-state index contributed by atoms with van der Waals surface area (Å²) in [6.45, 7) is 11.6. The minimum absolute atomic E-state index is 0.0802. The molecule has 0 unspecified atom stereocenters. The fourth-order valence-corrected chi connectivity index (χ4v) is 5.56. The molecule has 2 aliphatic heterocycles. The number of hydrogen-bond acceptors (Lipinski definition) is 9. The Morgan fingerprint density at radius 1 is 1.12 bits per heavy atom. The number of anilines is 1. The smallest absolute Gasteiger partial charge is 0.305 e. The van der Waals surface area contributed by atoms with Gasteiger partial charge in [-0.05, 0) is 44.0 Å². The summed E-state index contributed by atoms with van der Waals surface area (Å²) in [4.78, 5) is 29.0. The third-order valence-electron chi connectivity index (χ3n) is 5.94. The van der Waals surface area contributed by atoms with Gasteiger partial charge in [-0.1, -0.05) is 0 Å². The highest BCUT2D eigenvalue weighted by atomic mass is 35.5. The van der Waals surface area contributed by atoms with Crippen LogP contribution in [0.25, 0.3) is 10.2 Å². The minimum atomic E-state index is -0.0802. The first-order valence-electron chi connectivity index (χ1n) is 11.5. The number of morpholine rings is 1. The summed E-state index contributed by atoms with van der Waals surface area (Å²) in [6, 6.07) is 2.17. The van der Waals surface area contributed by atoms with Crippen molar-refractivity contribution in [3.63, 3.8) is 0 Å². The van der Waals surface area contributed by atoms with Crippen molar-refractivity contribution in [1.29, 1.82) is 0 Å². The van der Waals surface area contributed by atoms with Crippen molar-refractivity contribution in [2.75, 3.05) is 70.5 Å². The molecule has 2 aliphatic rings. The summed E-state index contributed by atoms with van der Waals surface area (Å²) in [5.74, 6) is 0.857. The molecule has 0 aromatic carbocycles. The SMILES string of the molecule is CCOC(=O)CCCCN1CCN(Cc2cc3nc(Cl)nc(N4CCOCC4)c3s2)CC1. The Hall–Kier alpha value is -1.52. The molecule has 4 rings (SSSR count). The highest BCUT2D eigenvalue weighted by Crippen LogP contribution is 2.34. The second-order valence-corrected chi connectivity index (χ2v) is 9.70. The maximum absolute atomic E-state index is 11.4. The van der Waals surface area contributed by atoms with Crippen LogP contribution in [0.3, 0.4) is 0 Å². The summed E-state index contributed by atoms with van der Waals surface area (Å²) in [6.07, 6.45) is 2.47. The van der Waals surface area contributed by atoms with E-state index in [0.717, 1.165) is 81.2 Å². The van der Waals surface area contributed by atoms with Crippen molar-refractivity contribution < 1.29 is 14.3 Å². The number of halogens is 1. The lowest BCUT2D eigenvalue weighted by molar-refractivity contribution is -0.143. The first-order chi connectivity index (χ1) is 15.6. The van der Waals surface area contributed by atoms with Gasteiger partial charge in [-0.15, -0.1) is 11.3 Å². The molecule has 10 heteroatoms. The molecule has 2 saturated heterocycles. The topological polar surface area (TPSA) is 71.0 Å². The average Bonchev–Trinajstić information content (AvgIpc) is 3.20. The Morgan fingerprint density at radius 3 is 2.62 bits per heavy atom. The lowest BCUT2D eigenvalue weighted by Gasteiger charge is -2.34. The monoisotopic (exact) mass is 481 g/mol. The lowest BCUT2D eigenvalue weighted by atomic mass is 10.2. The third kappa shape index (κ3) is 6.29. The van der Waals surface area contributed by atoms with E-state index in [4.69, 9.17) is 21.1 Å². The van der Waals surface area contributed by atoms with Crippen LogP contribution in [0.4, 0.5) is 5.82 Å². The normalized spacial score (nSPS) is 18.4. The zero-order valence-electron chi connectivity index (χ0n) is 18.7. The van der Waals surface area contributed by atoms with E-state index < -0.39 is 0 Å². The van der Waals surface area contributed by atoms with Crippen LogP contribution in [-0.2, 0) is 20.8 Å². The van der Waals surface area contributed by atoms with Crippen molar-refractivity contribution in [2.24, 2.45) is 0 Å². The van der Waals surface area contributed by atoms with E-state index in [1.54, 1.807) is 11.3 Å². The molecule has 0 N–H and O–H groups in total. The molecule has 0 atom stereocenters. The Labute approximate surface area is 198 Å². The molecule has 0 aliphatic carbocycles. The maximum atomic E-state index is 11.4. The Morgan fingerprint density at radius 2 is 1.88 bits per heavy atom. The summed E-state index contributed by atoms with van der Waals surface area (Å²) in [5, 5.41) is 0.305. The molecule has 176 valence electrons. The number of aromatic nitrogens is 2. The second kappa shape index (κ2) is 11.6. The molecular formula is C22H32ClN5O3S. The molecule has 4 heterocycles. The zero-order valence-corrected chi connectivity index (χ0v) is 20.3. The van der Waals surface area contributed by atoms with Gasteiger partial charge in [-0.25, -0.2) is 4.98 Å². The van der Waals surface area contributed by atoms with Crippen molar-refractivity contribution in [1.82, 2.24) is 19.8 Å². The van der Waals surface area contributed by atoms with Gasteiger partial charge in [0.25, 0.3) is 0 Å². The summed E-state index contributed by atoms with van der Waals surface area (Å²) in [5.41, 5.74) is 0.937. The van der Waals surface area contributed by atoms with E-state index in [1.807, 2.05) is 6.92 Å². The van der Waals surface area contributed by atoms with Gasteiger partial charge < -0.3 is 19.3 Å². The third-order valence-corrected chi connectivity index (χ3v) is 7.22. The van der Waals surface area contributed by atoms with Gasteiger partial charge in [0.2, 0.25) is 5.28 Å². The number of ether oxygens (including phenoxy) is 2. The highest BCUT2D eigenvalue weighted by molar-refractivity contribution is 7.19.